The van der Waals surface area contributed by atoms with Crippen molar-refractivity contribution >= 4 is 66.5 Å². The number of anilines is 4. The van der Waals surface area contributed by atoms with E-state index in [2.05, 4.69) is 221 Å². The molecule has 6 nitrogen and oxygen atoms in total. The maximum absolute atomic E-state index is 6.65. The van der Waals surface area contributed by atoms with E-state index in [0.29, 0.717) is 11.5 Å². The molecule has 0 unspecified atom stereocenters. The average Bonchev–Trinajstić information content (AvgIpc) is 4.03. The van der Waals surface area contributed by atoms with Crippen LogP contribution in [0.25, 0.3) is 71.8 Å². The quantitative estimate of drug-likeness (QED) is 0.149. The third-order valence-corrected chi connectivity index (χ3v) is 13.6. The first-order chi connectivity index (χ1) is 33.3. The van der Waals surface area contributed by atoms with Crippen LogP contribution in [0.3, 0.4) is 0 Å². The zero-order valence-electron chi connectivity index (χ0n) is 40.2. The number of ether oxygens (including phenoxy) is 1. The number of aryl methyl sites for hydroxylation is 1. The van der Waals surface area contributed by atoms with Crippen molar-refractivity contribution in [3.05, 3.63) is 212 Å². The van der Waals surface area contributed by atoms with Gasteiger partial charge in [-0.1, -0.05) is 132 Å². The molecule has 0 aliphatic carbocycles. The normalized spacial score (nSPS) is 12.8. The predicted octanol–water partition coefficient (Wildman–Crippen LogP) is 17.1. The van der Waals surface area contributed by atoms with Crippen LogP contribution in [0.1, 0.15) is 58.2 Å². The van der Waals surface area contributed by atoms with Crippen molar-refractivity contribution in [3.63, 3.8) is 0 Å². The van der Waals surface area contributed by atoms with Gasteiger partial charge in [0.15, 0.2) is 0 Å². The summed E-state index contributed by atoms with van der Waals surface area (Å²) in [6.07, 6.45) is 1.99. The van der Waals surface area contributed by atoms with Gasteiger partial charge < -0.3 is 23.5 Å². The first kappa shape index (κ1) is 45.1. The van der Waals surface area contributed by atoms with E-state index < -0.39 is 0 Å². The number of hydrogen-bond donors (Lipinski definition) is 0. The molecular formula is C63H51N4O2Pt-3. The van der Waals surface area contributed by atoms with Crippen molar-refractivity contribution in [1.29, 1.82) is 0 Å². The van der Waals surface area contributed by atoms with Crippen LogP contribution < -0.4 is 14.5 Å². The number of furan rings is 1. The van der Waals surface area contributed by atoms with E-state index in [1.807, 2.05) is 36.5 Å². The van der Waals surface area contributed by atoms with E-state index >= 15 is 0 Å². The molecule has 0 saturated carbocycles. The van der Waals surface area contributed by atoms with Crippen LogP contribution in [0.15, 0.2) is 180 Å². The summed E-state index contributed by atoms with van der Waals surface area (Å²) in [7, 11) is 0. The largest absolute Gasteiger partial charge is 0.509 e. The number of nitrogens with zero attached hydrogens (tertiary/aromatic N) is 4. The number of aromatic nitrogens is 2. The Morgan fingerprint density at radius 2 is 1.17 bits per heavy atom. The Kier molecular flexibility index (Phi) is 11.1. The maximum atomic E-state index is 6.65. The Morgan fingerprint density at radius 1 is 0.543 bits per heavy atom. The first-order valence-corrected chi connectivity index (χ1v) is 23.7. The molecule has 0 N–H and O–H groups in total. The molecule has 7 heteroatoms. The van der Waals surface area contributed by atoms with E-state index in [9.17, 15) is 0 Å². The van der Waals surface area contributed by atoms with Crippen molar-refractivity contribution < 1.29 is 30.2 Å². The smallest absolute Gasteiger partial charge is 0.136 e. The summed E-state index contributed by atoms with van der Waals surface area (Å²) in [6, 6.07) is 67.0. The van der Waals surface area contributed by atoms with Crippen molar-refractivity contribution in [1.82, 2.24) is 9.55 Å². The van der Waals surface area contributed by atoms with Gasteiger partial charge in [0.1, 0.15) is 17.0 Å². The Hall–Kier alpha value is -7.40. The Bertz CT molecular complexity index is 3760. The fourth-order valence-corrected chi connectivity index (χ4v) is 9.77. The van der Waals surface area contributed by atoms with Gasteiger partial charge in [0.25, 0.3) is 0 Å². The summed E-state index contributed by atoms with van der Waals surface area (Å²) in [5.41, 5.74) is 16.1. The minimum absolute atomic E-state index is 0. The van der Waals surface area contributed by atoms with E-state index in [0.717, 1.165) is 100 Å². The maximum Gasteiger partial charge on any atom is 0.136 e. The molecule has 0 radical (unpaired) electrons. The zero-order chi connectivity index (χ0) is 47.2. The second-order valence-electron chi connectivity index (χ2n) is 20.3. The summed E-state index contributed by atoms with van der Waals surface area (Å²) < 4.78 is 15.0. The van der Waals surface area contributed by atoms with Crippen LogP contribution in [0.2, 0.25) is 0 Å². The number of benzene rings is 8. The Labute approximate surface area is 424 Å². The Balaban J connectivity index is 0.00000533. The van der Waals surface area contributed by atoms with Crippen LogP contribution >= 0.6 is 0 Å². The molecule has 4 heterocycles. The number of hydrogen-bond acceptors (Lipinski definition) is 5. The molecule has 70 heavy (non-hydrogen) atoms. The third-order valence-electron chi connectivity index (χ3n) is 13.6. The molecule has 1 aliphatic heterocycles. The number of pyridine rings is 1. The fourth-order valence-electron chi connectivity index (χ4n) is 9.77. The minimum Gasteiger partial charge on any atom is -0.509 e. The molecular weight excluding hydrogens is 1040 g/mol. The zero-order valence-corrected chi connectivity index (χ0v) is 42.5. The third kappa shape index (κ3) is 7.94. The SMILES string of the molecule is Cc1cc(-n2c3[c-]c(Oc4[c-]c(N5[CH-]N(c6cc(C(C)(C)C)cc(C(C)(C)C)c6)c6ccccc65)ccc4)ccc3c3ccccc32)ncc1-c1ccc(-c2ccc3c(c2)oc2ccccc23)cc1.[Pt]. The molecule has 3 aromatic heterocycles. The molecule has 348 valence electrons. The van der Waals surface area contributed by atoms with E-state index in [1.165, 1.54) is 11.1 Å². The van der Waals surface area contributed by atoms with Crippen molar-refractivity contribution in [2.75, 3.05) is 9.80 Å². The van der Waals surface area contributed by atoms with Gasteiger partial charge in [0, 0.05) is 77.7 Å². The van der Waals surface area contributed by atoms with Gasteiger partial charge in [-0.15, -0.1) is 48.1 Å². The molecule has 0 fully saturated rings. The molecule has 1 aliphatic rings. The second kappa shape index (κ2) is 17.2. The van der Waals surface area contributed by atoms with Crippen LogP contribution in [0.5, 0.6) is 11.5 Å². The predicted molar refractivity (Wildman–Crippen MR) is 285 cm³/mol. The van der Waals surface area contributed by atoms with Gasteiger partial charge in [-0.3, -0.25) is 0 Å². The molecule has 0 atom stereocenters. The van der Waals surface area contributed by atoms with E-state index in [1.54, 1.807) is 0 Å². The van der Waals surface area contributed by atoms with Crippen molar-refractivity contribution in [2.45, 2.75) is 59.3 Å². The molecule has 8 aromatic carbocycles. The van der Waals surface area contributed by atoms with Gasteiger partial charge in [0.05, 0.1) is 0 Å². The van der Waals surface area contributed by atoms with E-state index in [4.69, 9.17) is 14.1 Å². The van der Waals surface area contributed by atoms with Crippen LogP contribution in [0, 0.1) is 25.7 Å². The number of fused-ring (bicyclic) bond motifs is 7. The number of para-hydroxylation sites is 4. The van der Waals surface area contributed by atoms with Gasteiger partial charge >= 0.3 is 0 Å². The van der Waals surface area contributed by atoms with Gasteiger partial charge in [0.2, 0.25) is 0 Å². The average molecular weight is 1090 g/mol. The van der Waals surface area contributed by atoms with Gasteiger partial charge in [-0.2, -0.15) is 12.1 Å². The summed E-state index contributed by atoms with van der Waals surface area (Å²) >= 11 is 0. The second-order valence-corrected chi connectivity index (χ2v) is 20.3. The molecule has 12 rings (SSSR count). The van der Waals surface area contributed by atoms with Gasteiger partial charge in [-0.05, 0) is 111 Å². The van der Waals surface area contributed by atoms with Gasteiger partial charge in [-0.25, -0.2) is 4.98 Å². The van der Waals surface area contributed by atoms with Crippen LogP contribution in [-0.2, 0) is 31.9 Å². The van der Waals surface area contributed by atoms with E-state index in [-0.39, 0.29) is 31.9 Å². The molecule has 11 aromatic rings. The minimum atomic E-state index is -0.00720. The monoisotopic (exact) mass is 1090 g/mol. The first-order valence-electron chi connectivity index (χ1n) is 23.7. The molecule has 0 amide bonds. The van der Waals surface area contributed by atoms with Crippen molar-refractivity contribution in [3.8, 4) is 39.6 Å². The fraction of sp³-hybridized carbons (Fsp3) is 0.143. The number of rotatable bonds is 7. The van der Waals surface area contributed by atoms with Crippen LogP contribution in [-0.4, -0.2) is 9.55 Å². The molecule has 0 bridgehead atoms. The Morgan fingerprint density at radius 3 is 1.91 bits per heavy atom. The molecule has 0 spiro atoms. The summed E-state index contributed by atoms with van der Waals surface area (Å²) in [6.45, 7) is 18.0. The standard InChI is InChI=1S/C63H51N4O2.Pt/c1-40-31-61(64-38-54(40)42-25-23-41(24-26-42)43-27-29-53-52-18-9-13-22-59(52)69-60(53)32-43)67-55-19-10-8-17-50(55)51-30-28-49(37-58(51)67)68-48-16-14-15-46(36-48)65-39-66(57-21-12-11-20-56(57)65)47-34-44(62(2,3)4)33-45(35-47)63(5,6)7;/h8-35,38-39H,1-7H3;/q-3;. The summed E-state index contributed by atoms with van der Waals surface area (Å²) in [5.74, 6) is 2.00. The summed E-state index contributed by atoms with van der Waals surface area (Å²) in [5, 5.41) is 4.46. The summed E-state index contributed by atoms with van der Waals surface area (Å²) in [4.78, 5) is 9.61. The topological polar surface area (TPSA) is 46.7 Å². The van der Waals surface area contributed by atoms with Crippen LogP contribution in [0.4, 0.5) is 22.7 Å². The molecule has 0 saturated heterocycles. The van der Waals surface area contributed by atoms with Crippen molar-refractivity contribution in [2.24, 2.45) is 0 Å².